The zero-order chi connectivity index (χ0) is 10.1. The van der Waals surface area contributed by atoms with E-state index in [1.165, 1.54) is 0 Å². The van der Waals surface area contributed by atoms with Crippen LogP contribution in [-0.4, -0.2) is 10.2 Å². The molecule has 0 aliphatic heterocycles. The van der Waals surface area contributed by atoms with E-state index < -0.39 is 0 Å². The Bertz CT molecular complexity index is 543. The normalized spacial score (nSPS) is 10.4. The number of H-pyrrole nitrogens is 1. The lowest BCUT2D eigenvalue weighted by Crippen LogP contribution is -1.85. The van der Waals surface area contributed by atoms with Gasteiger partial charge >= 0.3 is 0 Å². The highest BCUT2D eigenvalue weighted by atomic mass is 32.9. The van der Waals surface area contributed by atoms with Crippen molar-refractivity contribution < 1.29 is 0 Å². The zero-order valence-electron chi connectivity index (χ0n) is 7.23. The number of hydrogen-bond donors (Lipinski definition) is 1. The Morgan fingerprint density at radius 3 is 2.57 bits per heavy atom. The monoisotopic (exact) mass is 258 g/mol. The lowest BCUT2D eigenvalue weighted by atomic mass is 10.2. The maximum absolute atomic E-state index is 5.17. The summed E-state index contributed by atoms with van der Waals surface area (Å²) in [7, 11) is 3.26. The summed E-state index contributed by atoms with van der Waals surface area (Å²) in [6, 6.07) is 3.75. The lowest BCUT2D eigenvalue weighted by molar-refractivity contribution is 1.02. The summed E-state index contributed by atoms with van der Waals surface area (Å²) >= 11 is 10.1. The highest BCUT2D eigenvalue weighted by Crippen LogP contribution is 2.32. The average molecular weight is 258 g/mol. The van der Waals surface area contributed by atoms with Crippen LogP contribution in [0.25, 0.3) is 10.6 Å². The maximum atomic E-state index is 5.17. The van der Waals surface area contributed by atoms with E-state index in [9.17, 15) is 0 Å². The Morgan fingerprint density at radius 1 is 1.29 bits per heavy atom. The number of hydrogen-bond acceptors (Lipinski definition) is 5. The Kier molecular flexibility index (Phi) is 2.87. The first-order valence-corrected chi connectivity index (χ1v) is 6.81. The molecule has 0 aliphatic rings. The van der Waals surface area contributed by atoms with Gasteiger partial charge in [-0.15, -0.1) is 0 Å². The second kappa shape index (κ2) is 3.98. The first-order valence-electron chi connectivity index (χ1n) is 3.84. The molecule has 6 heteroatoms. The minimum absolute atomic E-state index is 0.644. The van der Waals surface area contributed by atoms with Crippen LogP contribution in [0.4, 0.5) is 0 Å². The van der Waals surface area contributed by atoms with Crippen LogP contribution >= 0.6 is 45.1 Å². The van der Waals surface area contributed by atoms with Gasteiger partial charge in [0.15, 0.2) is 0 Å². The van der Waals surface area contributed by atoms with E-state index in [1.807, 2.05) is 19.1 Å². The number of aromatic nitrogens is 2. The molecule has 72 valence electrons. The van der Waals surface area contributed by atoms with Gasteiger partial charge in [0.2, 0.25) is 0 Å². The van der Waals surface area contributed by atoms with Crippen molar-refractivity contribution in [1.29, 1.82) is 0 Å². The molecule has 0 fully saturated rings. The molecule has 0 bridgehead atoms. The molecular formula is C8H6N2S4. The SMILES string of the molecule is Cc1c(-c2ccc(=S)[nH]n2)ssc1=S. The van der Waals surface area contributed by atoms with Crippen LogP contribution in [0.5, 0.6) is 0 Å². The van der Waals surface area contributed by atoms with Gasteiger partial charge < -0.3 is 0 Å². The molecule has 2 rings (SSSR count). The molecule has 0 atom stereocenters. The summed E-state index contributed by atoms with van der Waals surface area (Å²) in [5.74, 6) is 0. The fraction of sp³-hybridized carbons (Fsp3) is 0.125. The molecule has 0 amide bonds. The van der Waals surface area contributed by atoms with E-state index in [4.69, 9.17) is 24.4 Å². The van der Waals surface area contributed by atoms with Crippen molar-refractivity contribution in [3.63, 3.8) is 0 Å². The van der Waals surface area contributed by atoms with Crippen LogP contribution in [0.1, 0.15) is 5.56 Å². The van der Waals surface area contributed by atoms with Crippen molar-refractivity contribution in [2.24, 2.45) is 0 Å². The number of rotatable bonds is 1. The molecular weight excluding hydrogens is 252 g/mol. The third-order valence-electron chi connectivity index (χ3n) is 1.76. The van der Waals surface area contributed by atoms with Crippen molar-refractivity contribution >= 4 is 45.1 Å². The zero-order valence-corrected chi connectivity index (χ0v) is 10.5. The van der Waals surface area contributed by atoms with Crippen LogP contribution in [-0.2, 0) is 0 Å². The molecule has 0 radical (unpaired) electrons. The largest absolute Gasteiger partial charge is 0.267 e. The van der Waals surface area contributed by atoms with E-state index in [1.54, 1.807) is 20.7 Å². The Balaban J connectivity index is 2.60. The van der Waals surface area contributed by atoms with Gasteiger partial charge in [-0.05, 0) is 24.6 Å². The predicted octanol–water partition coefficient (Wildman–Crippen LogP) is 3.97. The fourth-order valence-electron chi connectivity index (χ4n) is 1.00. The summed E-state index contributed by atoms with van der Waals surface area (Å²) in [5.41, 5.74) is 2.04. The van der Waals surface area contributed by atoms with Crippen molar-refractivity contribution in [2.45, 2.75) is 6.92 Å². The lowest BCUT2D eigenvalue weighted by Gasteiger charge is -1.95. The van der Waals surface area contributed by atoms with Crippen molar-refractivity contribution in [1.82, 2.24) is 10.2 Å². The van der Waals surface area contributed by atoms with Crippen molar-refractivity contribution in [3.8, 4) is 10.6 Å². The second-order valence-electron chi connectivity index (χ2n) is 2.71. The van der Waals surface area contributed by atoms with E-state index >= 15 is 0 Å². The average Bonchev–Trinajstić information content (AvgIpc) is 2.50. The first-order chi connectivity index (χ1) is 6.68. The standard InChI is InChI=1S/C8H6N2S4/c1-4-7(13-14-8(4)12)5-2-3-6(11)10-9-5/h2-3H,1H3,(H,10,11). The molecule has 2 heterocycles. The van der Waals surface area contributed by atoms with E-state index in [0.717, 1.165) is 20.0 Å². The summed E-state index contributed by atoms with van der Waals surface area (Å²) in [6.45, 7) is 2.02. The van der Waals surface area contributed by atoms with Crippen LogP contribution in [0.15, 0.2) is 12.1 Å². The molecule has 2 nitrogen and oxygen atoms in total. The molecule has 0 saturated carbocycles. The number of nitrogens with zero attached hydrogens (tertiary/aromatic N) is 1. The second-order valence-corrected chi connectivity index (χ2v) is 5.97. The fourth-order valence-corrected chi connectivity index (χ4v) is 3.95. The van der Waals surface area contributed by atoms with Gasteiger partial charge in [0.25, 0.3) is 0 Å². The summed E-state index contributed by atoms with van der Waals surface area (Å²) < 4.78 is 1.58. The van der Waals surface area contributed by atoms with Gasteiger partial charge in [-0.2, -0.15) is 5.10 Å². The van der Waals surface area contributed by atoms with Gasteiger partial charge in [-0.1, -0.05) is 45.1 Å². The Labute approximate surface area is 98.6 Å². The van der Waals surface area contributed by atoms with Gasteiger partial charge in [-0.3, -0.25) is 5.10 Å². The quantitative estimate of drug-likeness (QED) is 0.620. The topological polar surface area (TPSA) is 28.7 Å². The summed E-state index contributed by atoms with van der Waals surface area (Å²) in [5, 5.41) is 6.94. The third-order valence-corrected chi connectivity index (χ3v) is 5.33. The van der Waals surface area contributed by atoms with Gasteiger partial charge in [0, 0.05) is 0 Å². The van der Waals surface area contributed by atoms with Crippen LogP contribution < -0.4 is 0 Å². The first kappa shape index (κ1) is 10.1. The molecule has 1 N–H and O–H groups in total. The number of aromatic amines is 1. The van der Waals surface area contributed by atoms with Gasteiger partial charge in [0.05, 0.1) is 4.88 Å². The summed E-state index contributed by atoms with van der Waals surface area (Å²) in [4.78, 5) is 1.13. The molecule has 0 aromatic carbocycles. The van der Waals surface area contributed by atoms with Crippen LogP contribution in [0, 0.1) is 15.4 Å². The highest BCUT2D eigenvalue weighted by Gasteiger charge is 2.07. The number of nitrogens with one attached hydrogen (secondary N) is 1. The van der Waals surface area contributed by atoms with Gasteiger partial charge in [-0.25, -0.2) is 0 Å². The molecule has 2 aromatic heterocycles. The minimum Gasteiger partial charge on any atom is -0.267 e. The molecule has 0 unspecified atom stereocenters. The minimum atomic E-state index is 0.644. The summed E-state index contributed by atoms with van der Waals surface area (Å²) in [6.07, 6.45) is 0. The van der Waals surface area contributed by atoms with E-state index in [-0.39, 0.29) is 0 Å². The van der Waals surface area contributed by atoms with Crippen LogP contribution in [0.3, 0.4) is 0 Å². The Morgan fingerprint density at radius 2 is 2.07 bits per heavy atom. The maximum Gasteiger partial charge on any atom is 0.119 e. The van der Waals surface area contributed by atoms with Crippen LogP contribution in [0.2, 0.25) is 0 Å². The highest BCUT2D eigenvalue weighted by molar-refractivity contribution is 7.80. The smallest absolute Gasteiger partial charge is 0.119 e. The van der Waals surface area contributed by atoms with Gasteiger partial charge in [0.1, 0.15) is 14.2 Å². The molecule has 2 aromatic rings. The van der Waals surface area contributed by atoms with E-state index in [0.29, 0.717) is 4.64 Å². The molecule has 0 aliphatic carbocycles. The third kappa shape index (κ3) is 1.83. The van der Waals surface area contributed by atoms with E-state index in [2.05, 4.69) is 10.2 Å². The van der Waals surface area contributed by atoms with Crippen molar-refractivity contribution in [2.75, 3.05) is 0 Å². The van der Waals surface area contributed by atoms with Crippen molar-refractivity contribution in [3.05, 3.63) is 26.2 Å². The molecule has 0 spiro atoms. The predicted molar refractivity (Wildman–Crippen MR) is 66.2 cm³/mol. The molecule has 14 heavy (non-hydrogen) atoms. The Hall–Kier alpha value is -0.430. The molecule has 0 saturated heterocycles.